The first-order valence-electron chi connectivity index (χ1n) is 4.86. The number of para-hydroxylation sites is 1. The van der Waals surface area contributed by atoms with E-state index < -0.39 is 0 Å². The van der Waals surface area contributed by atoms with Crippen molar-refractivity contribution in [2.75, 3.05) is 17.7 Å². The van der Waals surface area contributed by atoms with Crippen molar-refractivity contribution in [2.24, 2.45) is 0 Å². The third-order valence-corrected chi connectivity index (χ3v) is 2.33. The number of benzene rings is 1. The molecule has 2 N–H and O–H groups in total. The van der Waals surface area contributed by atoms with Gasteiger partial charge in [0.15, 0.2) is 0 Å². The molecule has 4 heteroatoms. The van der Waals surface area contributed by atoms with Crippen LogP contribution in [0.4, 0.5) is 11.6 Å². The lowest BCUT2D eigenvalue weighted by molar-refractivity contribution is 0.0990. The number of rotatable bonds is 2. The lowest BCUT2D eigenvalue weighted by Crippen LogP contribution is -2.26. The Kier molecular flexibility index (Phi) is 2.64. The minimum Gasteiger partial charge on any atom is -0.448 e. The predicted molar refractivity (Wildman–Crippen MR) is 62.3 cm³/mol. The fraction of sp³-hybridized carbons (Fsp3) is 0.0833. The van der Waals surface area contributed by atoms with Crippen LogP contribution in [0.1, 0.15) is 10.4 Å². The van der Waals surface area contributed by atoms with Crippen LogP contribution in [0.2, 0.25) is 0 Å². The molecule has 0 fully saturated rings. The van der Waals surface area contributed by atoms with Crippen LogP contribution >= 0.6 is 0 Å². The van der Waals surface area contributed by atoms with Crippen molar-refractivity contribution in [1.29, 1.82) is 0 Å². The second kappa shape index (κ2) is 4.10. The molecule has 1 aromatic carbocycles. The summed E-state index contributed by atoms with van der Waals surface area (Å²) in [6.07, 6.45) is 1.52. The molecular weight excluding hydrogens is 204 g/mol. The minimum atomic E-state index is -0.187. The van der Waals surface area contributed by atoms with E-state index in [0.717, 1.165) is 0 Å². The first kappa shape index (κ1) is 10.3. The van der Waals surface area contributed by atoms with E-state index >= 15 is 0 Å². The number of anilines is 2. The zero-order chi connectivity index (χ0) is 11.5. The van der Waals surface area contributed by atoms with Gasteiger partial charge in [-0.3, -0.25) is 9.69 Å². The summed E-state index contributed by atoms with van der Waals surface area (Å²) in [6.45, 7) is 0. The molecule has 2 aromatic rings. The molecule has 2 rings (SSSR count). The Balaban J connectivity index is 2.30. The quantitative estimate of drug-likeness (QED) is 0.782. The molecule has 1 amide bonds. The fourth-order valence-corrected chi connectivity index (χ4v) is 1.43. The molecule has 1 heterocycles. The lowest BCUT2D eigenvalue weighted by Gasteiger charge is -2.14. The summed E-state index contributed by atoms with van der Waals surface area (Å²) in [5.41, 5.74) is 6.67. The number of carbonyl (C=O) groups is 1. The molecule has 4 nitrogen and oxygen atoms in total. The van der Waals surface area contributed by atoms with Gasteiger partial charge in [-0.1, -0.05) is 12.1 Å². The number of nitrogens with zero attached hydrogens (tertiary/aromatic N) is 1. The molecular formula is C12H12N2O2. The van der Waals surface area contributed by atoms with Crippen molar-refractivity contribution in [3.8, 4) is 0 Å². The molecule has 0 aliphatic heterocycles. The van der Waals surface area contributed by atoms with Crippen molar-refractivity contribution in [3.05, 3.63) is 48.2 Å². The number of furan rings is 1. The molecule has 0 atom stereocenters. The van der Waals surface area contributed by atoms with Crippen molar-refractivity contribution in [1.82, 2.24) is 0 Å². The number of nitrogen functional groups attached to an aromatic ring is 1. The van der Waals surface area contributed by atoms with Gasteiger partial charge in [0.25, 0.3) is 5.91 Å². The van der Waals surface area contributed by atoms with Crippen LogP contribution in [0.15, 0.2) is 47.1 Å². The van der Waals surface area contributed by atoms with Crippen LogP contribution in [-0.4, -0.2) is 13.0 Å². The summed E-state index contributed by atoms with van der Waals surface area (Å²) in [4.78, 5) is 13.5. The van der Waals surface area contributed by atoms with Crippen LogP contribution in [-0.2, 0) is 0 Å². The Morgan fingerprint density at radius 3 is 2.62 bits per heavy atom. The molecule has 0 unspecified atom stereocenters. The van der Waals surface area contributed by atoms with Gasteiger partial charge in [0.1, 0.15) is 0 Å². The smallest absolute Gasteiger partial charge is 0.262 e. The van der Waals surface area contributed by atoms with Gasteiger partial charge in [-0.05, 0) is 18.2 Å². The van der Waals surface area contributed by atoms with E-state index in [0.29, 0.717) is 17.1 Å². The molecule has 82 valence electrons. The molecule has 1 aromatic heterocycles. The Hall–Kier alpha value is -2.23. The molecule has 0 aliphatic rings. The van der Waals surface area contributed by atoms with Crippen molar-refractivity contribution < 1.29 is 9.21 Å². The van der Waals surface area contributed by atoms with Crippen LogP contribution in [0.3, 0.4) is 0 Å². The van der Waals surface area contributed by atoms with Gasteiger partial charge in [0.05, 0.1) is 11.8 Å². The third-order valence-electron chi connectivity index (χ3n) is 2.33. The average molecular weight is 216 g/mol. The lowest BCUT2D eigenvalue weighted by atomic mass is 10.1. The Morgan fingerprint density at radius 1 is 1.25 bits per heavy atom. The number of carbonyl (C=O) groups excluding carboxylic acids is 1. The highest BCUT2D eigenvalue weighted by atomic mass is 16.3. The zero-order valence-electron chi connectivity index (χ0n) is 8.88. The van der Waals surface area contributed by atoms with Gasteiger partial charge < -0.3 is 10.2 Å². The first-order valence-corrected chi connectivity index (χ1v) is 4.86. The number of nitrogens with two attached hydrogens (primary N) is 1. The molecule has 0 saturated heterocycles. The Labute approximate surface area is 93.3 Å². The minimum absolute atomic E-state index is 0.187. The molecule has 0 bridgehead atoms. The summed E-state index contributed by atoms with van der Waals surface area (Å²) in [6, 6.07) is 10.4. The normalized spacial score (nSPS) is 10.1. The van der Waals surface area contributed by atoms with Gasteiger partial charge >= 0.3 is 0 Å². The summed E-state index contributed by atoms with van der Waals surface area (Å²) < 4.78 is 5.14. The van der Waals surface area contributed by atoms with Crippen molar-refractivity contribution >= 4 is 17.5 Å². The number of hydrogen-bond acceptors (Lipinski definition) is 3. The van der Waals surface area contributed by atoms with Gasteiger partial charge in [0, 0.05) is 18.8 Å². The second-order valence-electron chi connectivity index (χ2n) is 3.40. The maximum Gasteiger partial charge on any atom is 0.262 e. The number of hydrogen-bond donors (Lipinski definition) is 1. The third kappa shape index (κ3) is 1.77. The highest BCUT2D eigenvalue weighted by Gasteiger charge is 2.16. The van der Waals surface area contributed by atoms with E-state index in [1.165, 1.54) is 11.2 Å². The highest BCUT2D eigenvalue weighted by molar-refractivity contribution is 6.08. The molecule has 16 heavy (non-hydrogen) atoms. The van der Waals surface area contributed by atoms with Gasteiger partial charge in [-0.25, -0.2) is 0 Å². The van der Waals surface area contributed by atoms with Crippen molar-refractivity contribution in [2.45, 2.75) is 0 Å². The van der Waals surface area contributed by atoms with Crippen LogP contribution in [0, 0.1) is 0 Å². The summed E-state index contributed by atoms with van der Waals surface area (Å²) in [7, 11) is 1.65. The van der Waals surface area contributed by atoms with E-state index in [4.69, 9.17) is 10.2 Å². The summed E-state index contributed by atoms with van der Waals surface area (Å²) >= 11 is 0. The molecule has 0 radical (unpaired) electrons. The molecule has 0 saturated carbocycles. The van der Waals surface area contributed by atoms with Crippen LogP contribution in [0.5, 0.6) is 0 Å². The van der Waals surface area contributed by atoms with E-state index in [1.54, 1.807) is 43.4 Å². The second-order valence-corrected chi connectivity index (χ2v) is 3.40. The largest absolute Gasteiger partial charge is 0.448 e. The van der Waals surface area contributed by atoms with Crippen LogP contribution < -0.4 is 10.6 Å². The van der Waals surface area contributed by atoms with E-state index in [9.17, 15) is 4.79 Å². The van der Waals surface area contributed by atoms with Crippen molar-refractivity contribution in [3.63, 3.8) is 0 Å². The zero-order valence-corrected chi connectivity index (χ0v) is 8.88. The van der Waals surface area contributed by atoms with Gasteiger partial charge in [0.2, 0.25) is 5.88 Å². The standard InChI is InChI=1S/C12H12N2O2/c1-14(11-7-4-8-16-11)12(15)9-5-2-3-6-10(9)13/h2-8H,13H2,1H3. The predicted octanol–water partition coefficient (Wildman–Crippen LogP) is 2.14. The van der Waals surface area contributed by atoms with Gasteiger partial charge in [-0.15, -0.1) is 0 Å². The first-order chi connectivity index (χ1) is 7.70. The van der Waals surface area contributed by atoms with E-state index in [2.05, 4.69) is 0 Å². The van der Waals surface area contributed by atoms with E-state index in [-0.39, 0.29) is 5.91 Å². The Bertz CT molecular complexity index is 491. The average Bonchev–Trinajstić information content (AvgIpc) is 2.81. The van der Waals surface area contributed by atoms with Gasteiger partial charge in [-0.2, -0.15) is 0 Å². The SMILES string of the molecule is CN(C(=O)c1ccccc1N)c1ccco1. The number of amides is 1. The highest BCUT2D eigenvalue weighted by Crippen LogP contribution is 2.18. The Morgan fingerprint density at radius 2 is 2.00 bits per heavy atom. The summed E-state index contributed by atoms with van der Waals surface area (Å²) in [5, 5.41) is 0. The molecule has 0 spiro atoms. The maximum atomic E-state index is 12.0. The monoisotopic (exact) mass is 216 g/mol. The summed E-state index contributed by atoms with van der Waals surface area (Å²) in [5.74, 6) is 0.307. The van der Waals surface area contributed by atoms with Crippen LogP contribution in [0.25, 0.3) is 0 Å². The maximum absolute atomic E-state index is 12.0. The topological polar surface area (TPSA) is 59.5 Å². The van der Waals surface area contributed by atoms with E-state index in [1.807, 2.05) is 0 Å². The fourth-order valence-electron chi connectivity index (χ4n) is 1.43. The molecule has 0 aliphatic carbocycles.